The lowest BCUT2D eigenvalue weighted by molar-refractivity contribution is -0.140. The van der Waals surface area contributed by atoms with Gasteiger partial charge in [0, 0.05) is 26.7 Å². The Labute approximate surface area is 909 Å². The van der Waals surface area contributed by atoms with E-state index in [4.69, 9.17) is 89.4 Å². The third-order valence-corrected chi connectivity index (χ3v) is 29.6. The lowest BCUT2D eigenvalue weighted by atomic mass is 9.96. The average Bonchev–Trinajstić information content (AvgIpc) is 1.62. The molecule has 143 heavy (non-hydrogen) atoms. The molecule has 0 fully saturated rings. The highest BCUT2D eigenvalue weighted by molar-refractivity contribution is 14.1. The molecule has 12 aromatic rings. The van der Waals surface area contributed by atoms with Crippen LogP contribution in [0.2, 0.25) is 20.1 Å². The van der Waals surface area contributed by atoms with E-state index in [-0.39, 0.29) is 78.3 Å². The molecule has 0 aliphatic carbocycles. The molecule has 0 radical (unpaired) electrons. The molecule has 0 spiro atoms. The minimum absolute atomic E-state index is 0.0588. The van der Waals surface area contributed by atoms with Crippen LogP contribution in [-0.2, 0) is 38.1 Å². The summed E-state index contributed by atoms with van der Waals surface area (Å²) >= 11 is 37.4. The van der Waals surface area contributed by atoms with Crippen LogP contribution in [0.25, 0.3) is 24.3 Å². The molecule has 5 N–H and O–H groups in total. The molecular weight excluding hydrogens is 2450 g/mol. The summed E-state index contributed by atoms with van der Waals surface area (Å²) in [5.41, 5.74) is 7.75. The van der Waals surface area contributed by atoms with Crippen molar-refractivity contribution in [2.75, 3.05) is 59.5 Å². The van der Waals surface area contributed by atoms with Crippen LogP contribution in [0.4, 0.5) is 0 Å². The normalized spacial score (nSPS) is 15.4. The number of rotatable bonds is 24. The maximum Gasteiger partial charge on any atom is 0.338 e. The van der Waals surface area contributed by atoms with Crippen LogP contribution in [0.3, 0.4) is 0 Å². The summed E-state index contributed by atoms with van der Waals surface area (Å²) in [6, 6.07) is 39.1. The largest absolute Gasteiger partial charge is 0.504 e. The molecule has 4 aliphatic rings. The fourth-order valence-electron chi connectivity index (χ4n) is 15.4. The fraction of sp³-hybridized carbons (Fsp3) is 0.255. The molecule has 8 heterocycles. The van der Waals surface area contributed by atoms with E-state index in [0.717, 1.165) is 22.3 Å². The number of phenols is 4. The molecule has 4 atom stereocenters. The second-order valence-electron chi connectivity index (χ2n) is 30.9. The number of hydrogen-bond donors (Lipinski definition) is 5. The molecule has 0 saturated heterocycles. The molecule has 29 nitrogen and oxygen atoms in total. The lowest BCUT2D eigenvalue weighted by Crippen LogP contribution is -2.39. The van der Waals surface area contributed by atoms with E-state index in [9.17, 15) is 58.8 Å². The Morgan fingerprint density at radius 2 is 0.497 bits per heavy atom. The number of aromatic nitrogens is 4. The van der Waals surface area contributed by atoms with Gasteiger partial charge in [0.2, 0.25) is 0 Å². The monoisotopic (exact) mass is 2540 g/mol. The van der Waals surface area contributed by atoms with Crippen LogP contribution in [0.5, 0.6) is 46.0 Å². The lowest BCUT2D eigenvalue weighted by Gasteiger charge is -2.24. The average molecular weight is 2550 g/mol. The molecule has 4 aromatic heterocycles. The zero-order chi connectivity index (χ0) is 104. The fourth-order valence-corrected chi connectivity index (χ4v) is 22.6. The Balaban J connectivity index is 0.000000168. The van der Waals surface area contributed by atoms with Gasteiger partial charge in [0.1, 0.15) is 0 Å². The SMILES string of the molecule is CCO.CCOC(=O)C1=C(C)N=c2s/c(=C/c3cc(I)c(O)c(OCC)c3)c(=O)n2C1c1ccc(Cl)cc1.CCOC(=O)C1=C(C)N=c2s/c(=C/c3cc(I)c(O)c(OCC)c3)c(=O)n2C1c1ccc(Cl)cc1.CCOC(=O)C1=C(C)N=c2s/c(=C/c3cc(I)c(O)c(OCC)c3)c(=O)n2C1c1ccc(Cl)cc1.CCOC(=O)C1=C(C)N=c2s/c(=C/c3cc(I)c(O)c(OCC)c3)c(=O)n2C1c1ccc(Cl)cc1. The third kappa shape index (κ3) is 25.6. The second kappa shape index (κ2) is 50.5. The van der Waals surface area contributed by atoms with Gasteiger partial charge in [0.05, 0.1) is 155 Å². The first-order valence-corrected chi connectivity index (χ1v) is 53.5. The number of hydrogen-bond acceptors (Lipinski definition) is 29. The quantitative estimate of drug-likeness (QED) is 0.0213. The zero-order valence-corrected chi connectivity index (χ0v) is 93.8. The predicted octanol–water partition coefficient (Wildman–Crippen LogP) is 16.6. The summed E-state index contributed by atoms with van der Waals surface area (Å²) in [6.45, 7) is 25.5. The van der Waals surface area contributed by atoms with E-state index < -0.39 is 48.0 Å². The minimum Gasteiger partial charge on any atom is -0.504 e. The molecular formula is C102H94Cl4I4N8O21S4. The molecule has 4 unspecified atom stereocenters. The highest BCUT2D eigenvalue weighted by Crippen LogP contribution is 2.41. The third-order valence-electron chi connectivity index (χ3n) is 21.4. The number of nitrogens with zero attached hydrogens (tertiary/aromatic N) is 8. The van der Waals surface area contributed by atoms with E-state index in [0.29, 0.717) is 188 Å². The Bertz CT molecular complexity index is 6970. The van der Waals surface area contributed by atoms with Crippen molar-refractivity contribution in [3.8, 4) is 46.0 Å². The van der Waals surface area contributed by atoms with Crippen molar-refractivity contribution in [2.45, 2.75) is 114 Å². The van der Waals surface area contributed by atoms with Crippen molar-refractivity contribution in [1.29, 1.82) is 0 Å². The predicted molar refractivity (Wildman–Crippen MR) is 588 cm³/mol. The molecule has 4 aliphatic heterocycles. The van der Waals surface area contributed by atoms with E-state index in [1.54, 1.807) is 232 Å². The van der Waals surface area contributed by atoms with Gasteiger partial charge in [-0.3, -0.25) is 37.4 Å². The second-order valence-corrected chi connectivity index (χ2v) is 41.3. The van der Waals surface area contributed by atoms with E-state index in [1.165, 1.54) is 63.6 Å². The van der Waals surface area contributed by atoms with Gasteiger partial charge >= 0.3 is 23.9 Å². The minimum atomic E-state index is -0.705. The summed E-state index contributed by atoms with van der Waals surface area (Å²) in [5, 5.41) is 50.8. The van der Waals surface area contributed by atoms with Crippen molar-refractivity contribution < 1.29 is 82.6 Å². The van der Waals surface area contributed by atoms with Gasteiger partial charge in [0.25, 0.3) is 22.2 Å². The number of aliphatic hydroxyl groups excluding tert-OH is 1. The van der Waals surface area contributed by atoms with Gasteiger partial charge in [-0.1, -0.05) is 140 Å². The van der Waals surface area contributed by atoms with Crippen molar-refractivity contribution in [1.82, 2.24) is 18.3 Å². The summed E-state index contributed by atoms with van der Waals surface area (Å²) in [5.74, 6) is -0.449. The highest BCUT2D eigenvalue weighted by atomic mass is 127. The number of esters is 4. The van der Waals surface area contributed by atoms with Crippen LogP contribution in [-0.4, -0.2) is 127 Å². The summed E-state index contributed by atoms with van der Waals surface area (Å²) in [4.78, 5) is 127. The van der Waals surface area contributed by atoms with E-state index >= 15 is 0 Å². The molecule has 748 valence electrons. The van der Waals surface area contributed by atoms with E-state index in [1.807, 2.05) is 118 Å². The summed E-state index contributed by atoms with van der Waals surface area (Å²) < 4.78 is 53.6. The number of benzene rings is 8. The molecule has 41 heteroatoms. The number of halogens is 8. The summed E-state index contributed by atoms with van der Waals surface area (Å²) in [6.07, 6.45) is 6.93. The number of ether oxygens (including phenoxy) is 8. The van der Waals surface area contributed by atoms with Gasteiger partial charge in [-0.25, -0.2) is 39.1 Å². The molecule has 16 rings (SSSR count). The molecule has 0 saturated carbocycles. The number of allylic oxidation sites excluding steroid dienone is 4. The first kappa shape index (κ1) is 111. The molecule has 8 aromatic carbocycles. The number of carbonyl (C=O) groups is 4. The Morgan fingerprint density at radius 3 is 0.657 bits per heavy atom. The molecule has 0 amide bonds. The number of carbonyl (C=O) groups excluding carboxylic acids is 4. The van der Waals surface area contributed by atoms with Gasteiger partial charge < -0.3 is 63.4 Å². The number of thiazole rings is 4. The number of aromatic hydroxyl groups is 4. The maximum absolute atomic E-state index is 13.7. The smallest absolute Gasteiger partial charge is 0.338 e. The van der Waals surface area contributed by atoms with Crippen molar-refractivity contribution >= 4 is 230 Å². The summed E-state index contributed by atoms with van der Waals surface area (Å²) in [7, 11) is 0. The van der Waals surface area contributed by atoms with Crippen molar-refractivity contribution in [3.63, 3.8) is 0 Å². The van der Waals surface area contributed by atoms with Crippen LogP contribution in [0, 0.1) is 14.3 Å². The number of aliphatic hydroxyl groups is 1. The van der Waals surface area contributed by atoms with E-state index in [2.05, 4.69) is 20.0 Å². The first-order chi connectivity index (χ1) is 68.4. The van der Waals surface area contributed by atoms with Gasteiger partial charge in [-0.15, -0.1) is 0 Å². The standard InChI is InChI=1S/4C25H22ClIN2O5S.C2H6O/c4*1-4-33-18-11-14(10-17(27)22(18)30)12-19-23(31)29-21(15-6-8-16(26)9-7-15)20(24(32)34-5-2)13(3)28-25(29)35-19;1-2-3/h4*6-12,21,30H,4-5H2,1-3H3;3H,2H2,1H3/b4*19-12+;. The molecule has 0 bridgehead atoms. The highest BCUT2D eigenvalue weighted by Gasteiger charge is 2.39. The van der Waals surface area contributed by atoms with Gasteiger partial charge in [-0.2, -0.15) is 0 Å². The zero-order valence-electron chi connectivity index (χ0n) is 78.8. The van der Waals surface area contributed by atoms with Crippen molar-refractivity contribution in [3.05, 3.63) is 348 Å². The van der Waals surface area contributed by atoms with Crippen LogP contribution in [0.15, 0.2) is 230 Å². The van der Waals surface area contributed by atoms with Crippen molar-refractivity contribution in [2.24, 2.45) is 20.0 Å². The number of phenolic OH excluding ortho intramolecular Hbond substituents is 4. The maximum atomic E-state index is 13.7. The Kier molecular flexibility index (Phi) is 39.3. The van der Waals surface area contributed by atoms with Crippen LogP contribution < -0.4 is 78.5 Å². The topological polar surface area (TPSA) is 381 Å². The first-order valence-electron chi connectivity index (χ1n) is 44.4. The van der Waals surface area contributed by atoms with Gasteiger partial charge in [0.15, 0.2) is 65.2 Å². The Hall–Kier alpha value is -10.6. The van der Waals surface area contributed by atoms with Gasteiger partial charge in [-0.05, 0) is 346 Å². The van der Waals surface area contributed by atoms with Crippen LogP contribution in [0.1, 0.15) is 159 Å². The number of fused-ring (bicyclic) bond motifs is 4. The van der Waals surface area contributed by atoms with Crippen LogP contribution >= 0.6 is 182 Å². The Morgan fingerprint density at radius 1 is 0.322 bits per heavy atom.